The van der Waals surface area contributed by atoms with Gasteiger partial charge >= 0.3 is 0 Å². The van der Waals surface area contributed by atoms with Crippen LogP contribution in [0.1, 0.15) is 47.9 Å². The first-order valence-corrected chi connectivity index (χ1v) is 22.7. The van der Waals surface area contributed by atoms with Crippen molar-refractivity contribution < 1.29 is 0 Å². The average molecular weight is 786 g/mol. The maximum absolute atomic E-state index is 2.54. The van der Waals surface area contributed by atoms with Gasteiger partial charge in [-0.05, 0) is 165 Å². The van der Waals surface area contributed by atoms with Crippen LogP contribution >= 0.6 is 11.3 Å². The van der Waals surface area contributed by atoms with Crippen LogP contribution in [0, 0.1) is 0 Å². The van der Waals surface area contributed by atoms with Crippen LogP contribution in [0.25, 0.3) is 103 Å². The van der Waals surface area contributed by atoms with Crippen LogP contribution in [0.5, 0.6) is 0 Å². The van der Waals surface area contributed by atoms with Crippen LogP contribution in [0.15, 0.2) is 164 Å². The zero-order valence-corrected chi connectivity index (χ0v) is 34.4. The molecular weight excluding hydrogens is 743 g/mol. The van der Waals surface area contributed by atoms with Crippen molar-refractivity contribution in [2.24, 2.45) is 0 Å². The minimum absolute atomic E-state index is 1.14. The number of nitrogens with zero attached hydrogens (tertiary/aromatic N) is 1. The summed E-state index contributed by atoms with van der Waals surface area (Å²) in [5.74, 6) is 0. The van der Waals surface area contributed by atoms with Gasteiger partial charge in [0.15, 0.2) is 0 Å². The molecule has 2 heteroatoms. The van der Waals surface area contributed by atoms with Gasteiger partial charge in [0.2, 0.25) is 0 Å². The molecular formula is C58H43NS. The molecule has 286 valence electrons. The van der Waals surface area contributed by atoms with Gasteiger partial charge in [-0.15, -0.1) is 11.3 Å². The molecule has 0 spiro atoms. The third-order valence-electron chi connectivity index (χ3n) is 14.0. The lowest BCUT2D eigenvalue weighted by Gasteiger charge is -2.25. The van der Waals surface area contributed by atoms with Crippen LogP contribution < -0.4 is 0 Å². The van der Waals surface area contributed by atoms with Crippen LogP contribution in [0.4, 0.5) is 0 Å². The fourth-order valence-corrected chi connectivity index (χ4v) is 12.5. The van der Waals surface area contributed by atoms with E-state index >= 15 is 0 Å². The van der Waals surface area contributed by atoms with E-state index in [2.05, 4.69) is 168 Å². The fourth-order valence-electron chi connectivity index (χ4n) is 11.3. The fraction of sp³-hybridized carbons (Fsp3) is 0.138. The van der Waals surface area contributed by atoms with Crippen LogP contribution in [0.3, 0.4) is 0 Å². The van der Waals surface area contributed by atoms with Gasteiger partial charge in [0.1, 0.15) is 0 Å². The van der Waals surface area contributed by atoms with Gasteiger partial charge in [0, 0.05) is 36.6 Å². The first-order chi connectivity index (χ1) is 29.8. The summed E-state index contributed by atoms with van der Waals surface area (Å²) in [5.41, 5.74) is 18.0. The molecule has 0 bridgehead atoms. The van der Waals surface area contributed by atoms with Gasteiger partial charge in [-0.1, -0.05) is 127 Å². The predicted molar refractivity (Wildman–Crippen MR) is 258 cm³/mol. The summed E-state index contributed by atoms with van der Waals surface area (Å²) in [5, 5.41) is 10.6. The van der Waals surface area contributed by atoms with Crippen molar-refractivity contribution in [3.63, 3.8) is 0 Å². The van der Waals surface area contributed by atoms with Gasteiger partial charge in [-0.3, -0.25) is 0 Å². The van der Waals surface area contributed by atoms with E-state index in [0.29, 0.717) is 0 Å². The lowest BCUT2D eigenvalue weighted by Crippen LogP contribution is -2.06. The van der Waals surface area contributed by atoms with E-state index in [1.165, 1.54) is 152 Å². The maximum atomic E-state index is 2.54. The normalized spacial score (nSPS) is 14.1. The Morgan fingerprint density at radius 3 is 1.68 bits per heavy atom. The van der Waals surface area contributed by atoms with Crippen molar-refractivity contribution in [1.29, 1.82) is 0 Å². The van der Waals surface area contributed by atoms with Crippen molar-refractivity contribution in [2.45, 2.75) is 51.4 Å². The Labute approximate surface area is 354 Å². The monoisotopic (exact) mass is 785 g/mol. The Kier molecular flexibility index (Phi) is 7.75. The standard InChI is InChI=1S/C58H43NS/c1-3-18-40-36(14-1)16-11-25-45(40)56-47-22-5-6-23-48(47)57(46-26-12-17-37-15-2-4-19-41(37)46)52-35-39(31-32-49(52)56)59-53-28-9-7-20-43(53)51-34-38(30-33-54(51)59)42-24-13-27-50-44-21-8-10-29-55(44)60-58(42)50/h5-13,16-17,20-35H,1-4,14-15,18-19H2. The predicted octanol–water partition coefficient (Wildman–Crippen LogP) is 16.2. The summed E-state index contributed by atoms with van der Waals surface area (Å²) in [6.45, 7) is 0. The van der Waals surface area contributed by atoms with Crippen molar-refractivity contribution in [3.8, 4) is 39.1 Å². The Bertz CT molecular complexity index is 3560. The highest BCUT2D eigenvalue weighted by atomic mass is 32.1. The number of thiophene rings is 1. The zero-order chi connectivity index (χ0) is 39.3. The van der Waals surface area contributed by atoms with Crippen molar-refractivity contribution in [1.82, 2.24) is 4.57 Å². The maximum Gasteiger partial charge on any atom is 0.0541 e. The van der Waals surface area contributed by atoms with Gasteiger partial charge in [0.25, 0.3) is 0 Å². The smallest absolute Gasteiger partial charge is 0.0541 e. The largest absolute Gasteiger partial charge is 0.309 e. The van der Waals surface area contributed by atoms with Crippen molar-refractivity contribution >= 4 is 74.9 Å². The molecule has 0 amide bonds. The minimum Gasteiger partial charge on any atom is -0.309 e. The van der Waals surface area contributed by atoms with Gasteiger partial charge in [-0.25, -0.2) is 0 Å². The van der Waals surface area contributed by atoms with E-state index in [1.807, 2.05) is 11.3 Å². The topological polar surface area (TPSA) is 4.93 Å². The Morgan fingerprint density at radius 2 is 0.933 bits per heavy atom. The highest BCUT2D eigenvalue weighted by molar-refractivity contribution is 7.26. The van der Waals surface area contributed by atoms with E-state index in [0.717, 1.165) is 12.8 Å². The molecule has 0 atom stereocenters. The number of hydrogen-bond acceptors (Lipinski definition) is 1. The Morgan fingerprint density at radius 1 is 0.367 bits per heavy atom. The molecule has 2 aliphatic rings. The minimum atomic E-state index is 1.14. The van der Waals surface area contributed by atoms with Gasteiger partial charge < -0.3 is 4.57 Å². The molecule has 11 aromatic rings. The molecule has 13 rings (SSSR count). The summed E-state index contributed by atoms with van der Waals surface area (Å²) in [6, 6.07) is 62.7. The number of hydrogen-bond donors (Lipinski definition) is 0. The molecule has 9 aromatic carbocycles. The molecule has 0 saturated carbocycles. The second-order valence-corrected chi connectivity index (χ2v) is 18.2. The third kappa shape index (κ3) is 5.10. The number of para-hydroxylation sites is 1. The molecule has 1 nitrogen and oxygen atoms in total. The van der Waals surface area contributed by atoms with Crippen LogP contribution in [0.2, 0.25) is 0 Å². The Balaban J connectivity index is 1.10. The lowest BCUT2D eigenvalue weighted by atomic mass is 9.79. The highest BCUT2D eigenvalue weighted by Gasteiger charge is 2.24. The first kappa shape index (κ1) is 34.4. The van der Waals surface area contributed by atoms with E-state index < -0.39 is 0 Å². The molecule has 0 fully saturated rings. The second-order valence-electron chi connectivity index (χ2n) is 17.2. The SMILES string of the molecule is c1cc2c(c(-c3c4ccccc4c(-c4cccc5c4CCCC5)c4cc(-n5c6ccccc6c6cc(-c7cccc8c7sc7ccccc78)ccc65)ccc34)c1)CCCC2. The first-order valence-electron chi connectivity index (χ1n) is 21.9. The molecule has 2 aromatic heterocycles. The number of fused-ring (bicyclic) bond motifs is 10. The van der Waals surface area contributed by atoms with Gasteiger partial charge in [-0.2, -0.15) is 0 Å². The molecule has 0 saturated heterocycles. The summed E-state index contributed by atoms with van der Waals surface area (Å²) in [7, 11) is 0. The summed E-state index contributed by atoms with van der Waals surface area (Å²) < 4.78 is 5.22. The molecule has 2 heterocycles. The van der Waals surface area contributed by atoms with E-state index in [1.54, 1.807) is 11.1 Å². The Hall–Kier alpha value is -6.48. The summed E-state index contributed by atoms with van der Waals surface area (Å²) in [4.78, 5) is 0. The average Bonchev–Trinajstić information content (AvgIpc) is 3.86. The van der Waals surface area contributed by atoms with Crippen LogP contribution in [-0.2, 0) is 25.7 Å². The summed E-state index contributed by atoms with van der Waals surface area (Å²) in [6.07, 6.45) is 9.68. The van der Waals surface area contributed by atoms with Crippen LogP contribution in [-0.4, -0.2) is 4.57 Å². The van der Waals surface area contributed by atoms with E-state index in [4.69, 9.17) is 0 Å². The third-order valence-corrected chi connectivity index (χ3v) is 15.2. The molecule has 0 N–H and O–H groups in total. The number of rotatable bonds is 4. The van der Waals surface area contributed by atoms with E-state index in [9.17, 15) is 0 Å². The summed E-state index contributed by atoms with van der Waals surface area (Å²) >= 11 is 1.91. The molecule has 60 heavy (non-hydrogen) atoms. The molecule has 0 radical (unpaired) electrons. The lowest BCUT2D eigenvalue weighted by molar-refractivity contribution is 0.687. The second kappa shape index (κ2) is 13.5. The highest BCUT2D eigenvalue weighted by Crippen LogP contribution is 2.49. The zero-order valence-electron chi connectivity index (χ0n) is 33.6. The van der Waals surface area contributed by atoms with Crippen molar-refractivity contribution in [3.05, 3.63) is 186 Å². The number of aryl methyl sites for hydroxylation is 2. The van der Waals surface area contributed by atoms with Gasteiger partial charge in [0.05, 0.1) is 11.0 Å². The van der Waals surface area contributed by atoms with E-state index in [-0.39, 0.29) is 0 Å². The molecule has 0 unspecified atom stereocenters. The number of aromatic nitrogens is 1. The molecule has 0 aliphatic heterocycles. The number of benzene rings is 9. The quantitative estimate of drug-likeness (QED) is 0.157. The molecule has 2 aliphatic carbocycles. The van der Waals surface area contributed by atoms with Crippen molar-refractivity contribution in [2.75, 3.05) is 0 Å².